The fraction of sp³-hybridized carbons (Fsp3) is 0.632. The van der Waals surface area contributed by atoms with Crippen molar-refractivity contribution in [2.24, 2.45) is 11.5 Å². The SMILES string of the molecule is NCCCCC(NC(=O)C(CC(=O)O)NC(=O)C(N)CC(=O)O)C(=O)NC(CCC(=O)O)C(=O)O. The summed E-state index contributed by atoms with van der Waals surface area (Å²) in [5, 5.41) is 42.2. The average molecular weight is 505 g/mol. The fourth-order valence-corrected chi connectivity index (χ4v) is 2.77. The van der Waals surface area contributed by atoms with Gasteiger partial charge in [-0.15, -0.1) is 0 Å². The van der Waals surface area contributed by atoms with Gasteiger partial charge in [0.05, 0.1) is 18.9 Å². The molecule has 11 N–H and O–H groups in total. The van der Waals surface area contributed by atoms with Gasteiger partial charge in [0.1, 0.15) is 18.1 Å². The number of carboxylic acids is 4. The fourth-order valence-electron chi connectivity index (χ4n) is 2.77. The molecule has 16 nitrogen and oxygen atoms in total. The lowest BCUT2D eigenvalue weighted by atomic mass is 10.1. The molecule has 3 amide bonds. The van der Waals surface area contributed by atoms with Gasteiger partial charge in [0.15, 0.2) is 0 Å². The topological polar surface area (TPSA) is 289 Å². The van der Waals surface area contributed by atoms with Gasteiger partial charge in [0, 0.05) is 6.42 Å². The number of unbranched alkanes of at least 4 members (excludes halogenated alkanes) is 1. The van der Waals surface area contributed by atoms with Crippen LogP contribution in [0.25, 0.3) is 0 Å². The van der Waals surface area contributed by atoms with Crippen LogP contribution in [0.1, 0.15) is 44.9 Å². The number of nitrogens with one attached hydrogen (secondary N) is 3. The average Bonchev–Trinajstić information content (AvgIpc) is 2.73. The van der Waals surface area contributed by atoms with Crippen LogP contribution in [0.4, 0.5) is 0 Å². The number of hydrogen-bond acceptors (Lipinski definition) is 9. The molecule has 0 aromatic rings. The lowest BCUT2D eigenvalue weighted by molar-refractivity contribution is -0.144. The molecular weight excluding hydrogens is 474 g/mol. The first-order valence-electron chi connectivity index (χ1n) is 10.5. The van der Waals surface area contributed by atoms with Crippen LogP contribution in [-0.4, -0.2) is 92.7 Å². The smallest absolute Gasteiger partial charge is 0.326 e. The standard InChI is InChI=1S/C19H31N5O11/c20-6-2-1-3-10(17(32)23-11(19(34)35)4-5-13(25)26)22-18(33)12(8-15(29)30)24-16(31)9(21)7-14(27)28/h9-12H,1-8,20-21H2,(H,22,33)(H,23,32)(H,24,31)(H,25,26)(H,27,28)(H,29,30)(H,34,35). The Kier molecular flexibility index (Phi) is 14.2. The first kappa shape index (κ1) is 31.2. The van der Waals surface area contributed by atoms with Crippen LogP contribution in [0.15, 0.2) is 0 Å². The van der Waals surface area contributed by atoms with Crippen LogP contribution >= 0.6 is 0 Å². The van der Waals surface area contributed by atoms with Crippen LogP contribution < -0.4 is 27.4 Å². The van der Waals surface area contributed by atoms with Gasteiger partial charge in [-0.1, -0.05) is 0 Å². The molecule has 0 aliphatic heterocycles. The second-order valence-electron chi connectivity index (χ2n) is 7.54. The van der Waals surface area contributed by atoms with Crippen LogP contribution in [0.2, 0.25) is 0 Å². The van der Waals surface area contributed by atoms with Crippen LogP contribution in [-0.2, 0) is 33.6 Å². The number of rotatable bonds is 18. The minimum atomic E-state index is -1.73. The van der Waals surface area contributed by atoms with E-state index in [-0.39, 0.29) is 13.0 Å². The first-order chi connectivity index (χ1) is 16.3. The zero-order chi connectivity index (χ0) is 27.1. The first-order valence-corrected chi connectivity index (χ1v) is 10.5. The molecule has 0 aromatic carbocycles. The van der Waals surface area contributed by atoms with Crippen LogP contribution in [0.5, 0.6) is 0 Å². The molecular formula is C19H31N5O11. The maximum atomic E-state index is 12.7. The molecule has 198 valence electrons. The summed E-state index contributed by atoms with van der Waals surface area (Å²) < 4.78 is 0. The molecule has 0 bridgehead atoms. The summed E-state index contributed by atoms with van der Waals surface area (Å²) in [6.07, 6.45) is -1.99. The maximum Gasteiger partial charge on any atom is 0.326 e. The van der Waals surface area contributed by atoms with Crippen molar-refractivity contribution in [3.8, 4) is 0 Å². The van der Waals surface area contributed by atoms with Gasteiger partial charge >= 0.3 is 23.9 Å². The van der Waals surface area contributed by atoms with Gasteiger partial charge in [-0.05, 0) is 32.2 Å². The van der Waals surface area contributed by atoms with Crippen LogP contribution in [0, 0.1) is 0 Å². The summed E-state index contributed by atoms with van der Waals surface area (Å²) in [6, 6.07) is -6.25. The van der Waals surface area contributed by atoms with Gasteiger partial charge in [0.25, 0.3) is 0 Å². The zero-order valence-electron chi connectivity index (χ0n) is 18.8. The quantitative estimate of drug-likeness (QED) is 0.0830. The minimum Gasteiger partial charge on any atom is -0.481 e. The van der Waals surface area contributed by atoms with E-state index in [1.165, 1.54) is 0 Å². The van der Waals surface area contributed by atoms with Crippen molar-refractivity contribution in [3.63, 3.8) is 0 Å². The van der Waals surface area contributed by atoms with E-state index in [1.807, 2.05) is 5.32 Å². The molecule has 4 unspecified atom stereocenters. The Hall–Kier alpha value is -3.79. The number of carbonyl (C=O) groups excluding carboxylic acids is 3. The lowest BCUT2D eigenvalue weighted by Gasteiger charge is -2.24. The highest BCUT2D eigenvalue weighted by Crippen LogP contribution is 2.06. The Bertz CT molecular complexity index is 804. The summed E-state index contributed by atoms with van der Waals surface area (Å²) in [5.74, 6) is -8.90. The molecule has 4 atom stereocenters. The summed E-state index contributed by atoms with van der Waals surface area (Å²) in [7, 11) is 0. The monoisotopic (exact) mass is 505 g/mol. The van der Waals surface area contributed by atoms with Crippen molar-refractivity contribution in [3.05, 3.63) is 0 Å². The molecule has 0 spiro atoms. The van der Waals surface area contributed by atoms with E-state index in [9.17, 15) is 38.7 Å². The predicted octanol–water partition coefficient (Wildman–Crippen LogP) is -3.20. The number of carboxylic acid groups (broad SMARTS) is 4. The molecule has 0 aliphatic rings. The van der Waals surface area contributed by atoms with E-state index in [4.69, 9.17) is 26.8 Å². The van der Waals surface area contributed by atoms with E-state index >= 15 is 0 Å². The molecule has 16 heteroatoms. The van der Waals surface area contributed by atoms with Crippen molar-refractivity contribution in [2.45, 2.75) is 69.1 Å². The Balaban J connectivity index is 5.56. The maximum absolute atomic E-state index is 12.7. The van der Waals surface area contributed by atoms with Gasteiger partial charge in [-0.2, -0.15) is 0 Å². The van der Waals surface area contributed by atoms with Crippen molar-refractivity contribution >= 4 is 41.6 Å². The largest absolute Gasteiger partial charge is 0.481 e. The highest BCUT2D eigenvalue weighted by Gasteiger charge is 2.31. The molecule has 0 saturated carbocycles. The number of hydrogen-bond donors (Lipinski definition) is 9. The Morgan fingerprint density at radius 1 is 0.629 bits per heavy atom. The third kappa shape index (κ3) is 13.5. The summed E-state index contributed by atoms with van der Waals surface area (Å²) in [5.41, 5.74) is 10.8. The highest BCUT2D eigenvalue weighted by molar-refractivity contribution is 5.96. The Labute approximate surface area is 199 Å². The second kappa shape index (κ2) is 15.9. The van der Waals surface area contributed by atoms with Crippen molar-refractivity contribution in [2.75, 3.05) is 6.54 Å². The van der Waals surface area contributed by atoms with E-state index in [2.05, 4.69) is 10.6 Å². The Morgan fingerprint density at radius 2 is 1.14 bits per heavy atom. The number of amides is 3. The third-order valence-corrected chi connectivity index (χ3v) is 4.58. The summed E-state index contributed by atoms with van der Waals surface area (Å²) in [6.45, 7) is 0.248. The van der Waals surface area contributed by atoms with Crippen molar-refractivity contribution in [1.82, 2.24) is 16.0 Å². The predicted molar refractivity (Wildman–Crippen MR) is 116 cm³/mol. The summed E-state index contributed by atoms with van der Waals surface area (Å²) in [4.78, 5) is 81.4. The van der Waals surface area contributed by atoms with E-state index in [0.717, 1.165) is 0 Å². The summed E-state index contributed by atoms with van der Waals surface area (Å²) >= 11 is 0. The molecule has 0 fully saturated rings. The van der Waals surface area contributed by atoms with Gasteiger partial charge < -0.3 is 47.8 Å². The second-order valence-corrected chi connectivity index (χ2v) is 7.54. The minimum absolute atomic E-state index is 0.0354. The number of carbonyl (C=O) groups is 7. The molecule has 0 radical (unpaired) electrons. The molecule has 0 aromatic heterocycles. The highest BCUT2D eigenvalue weighted by atomic mass is 16.4. The van der Waals surface area contributed by atoms with E-state index < -0.39 is 91.4 Å². The van der Waals surface area contributed by atoms with E-state index in [1.54, 1.807) is 0 Å². The van der Waals surface area contributed by atoms with Gasteiger partial charge in [-0.25, -0.2) is 4.79 Å². The zero-order valence-corrected chi connectivity index (χ0v) is 18.8. The van der Waals surface area contributed by atoms with Crippen LogP contribution in [0.3, 0.4) is 0 Å². The normalized spacial score (nSPS) is 14.0. The molecule has 0 rings (SSSR count). The van der Waals surface area contributed by atoms with E-state index in [0.29, 0.717) is 12.8 Å². The van der Waals surface area contributed by atoms with Crippen molar-refractivity contribution < 1.29 is 54.0 Å². The lowest BCUT2D eigenvalue weighted by Crippen LogP contribution is -2.57. The molecule has 0 saturated heterocycles. The molecule has 0 heterocycles. The van der Waals surface area contributed by atoms with Crippen molar-refractivity contribution in [1.29, 1.82) is 0 Å². The molecule has 35 heavy (non-hydrogen) atoms. The van der Waals surface area contributed by atoms with Gasteiger partial charge in [-0.3, -0.25) is 28.8 Å². The Morgan fingerprint density at radius 3 is 1.63 bits per heavy atom. The molecule has 0 aliphatic carbocycles. The number of nitrogens with two attached hydrogens (primary N) is 2. The van der Waals surface area contributed by atoms with Gasteiger partial charge in [0.2, 0.25) is 17.7 Å². The third-order valence-electron chi connectivity index (χ3n) is 4.58. The number of aliphatic carboxylic acids is 4.